The lowest BCUT2D eigenvalue weighted by molar-refractivity contribution is 0.0417. The second-order valence-corrected chi connectivity index (χ2v) is 12.9. The van der Waals surface area contributed by atoms with Crippen molar-refractivity contribution >= 4 is 67.0 Å². The number of thiophene rings is 1. The van der Waals surface area contributed by atoms with Gasteiger partial charge >= 0.3 is 12.2 Å². The molecule has 228 valence electrons. The van der Waals surface area contributed by atoms with Gasteiger partial charge in [-0.2, -0.15) is 10.4 Å². The van der Waals surface area contributed by atoms with Crippen LogP contribution in [0, 0.1) is 23.0 Å². The lowest BCUT2D eigenvalue weighted by Crippen LogP contribution is -2.57. The number of aryl methyl sites for hydroxylation is 1. The second-order valence-electron chi connectivity index (χ2n) is 11.5. The van der Waals surface area contributed by atoms with Gasteiger partial charge in [-0.05, 0) is 44.9 Å². The number of hydrogen-bond donors (Lipinski definition) is 2. The Morgan fingerprint density at radius 1 is 1.18 bits per heavy atom. The number of aromatic nitrogens is 2. The molecule has 0 aliphatic carbocycles. The zero-order chi connectivity index (χ0) is 31.7. The van der Waals surface area contributed by atoms with Gasteiger partial charge < -0.3 is 19.6 Å². The Morgan fingerprint density at radius 2 is 1.93 bits per heavy atom. The Bertz CT molecular complexity index is 1940. The lowest BCUT2D eigenvalue weighted by atomic mass is 9.93. The van der Waals surface area contributed by atoms with Gasteiger partial charge in [0.1, 0.15) is 28.3 Å². The summed E-state index contributed by atoms with van der Waals surface area (Å²) in [7, 11) is 0. The lowest BCUT2D eigenvalue weighted by Gasteiger charge is -2.41. The first-order valence-corrected chi connectivity index (χ1v) is 14.8. The predicted molar refractivity (Wildman–Crippen MR) is 159 cm³/mol. The third-order valence-corrected chi connectivity index (χ3v) is 9.01. The van der Waals surface area contributed by atoms with Crippen LogP contribution in [0.4, 0.5) is 23.4 Å². The Kier molecular flexibility index (Phi) is 7.13. The van der Waals surface area contributed by atoms with E-state index in [9.17, 15) is 24.8 Å². The molecule has 2 aromatic carbocycles. The molecule has 3 amide bonds. The number of anilines is 1. The molecule has 6 rings (SSSR count). The van der Waals surface area contributed by atoms with Crippen LogP contribution in [0.25, 0.3) is 32.1 Å². The van der Waals surface area contributed by atoms with Gasteiger partial charge in [0, 0.05) is 37.1 Å². The highest BCUT2D eigenvalue weighted by atomic mass is 35.5. The standard InChI is InChI=1S/C29H25ClF2N6O5S/c1-29(2,3)43-27(40)34-25-16(11-33)19-14(4-5-17(31)23(19)44-25)20-18(32)10-15-22-21(20)24(30)35-38(22)7-6-13-12-36(28(41)42)8-9-37(13)26(15)39/h4-5,10,13H,6-9,12H2,1-3H3,(H,34,40)(H,41,42). The highest BCUT2D eigenvalue weighted by molar-refractivity contribution is 7.23. The van der Waals surface area contributed by atoms with E-state index in [1.54, 1.807) is 25.7 Å². The van der Waals surface area contributed by atoms with Crippen molar-refractivity contribution in [3.8, 4) is 17.2 Å². The minimum absolute atomic E-state index is 0.00147. The van der Waals surface area contributed by atoms with Crippen LogP contribution >= 0.6 is 22.9 Å². The smallest absolute Gasteiger partial charge is 0.412 e. The minimum atomic E-state index is -1.08. The van der Waals surface area contributed by atoms with E-state index < -0.39 is 41.4 Å². The topological polar surface area (TPSA) is 141 Å². The number of halogens is 3. The Balaban J connectivity index is 1.53. The fraction of sp³-hybridized carbons (Fsp3) is 0.345. The third-order valence-electron chi connectivity index (χ3n) is 7.63. The van der Waals surface area contributed by atoms with Gasteiger partial charge in [-0.1, -0.05) is 17.7 Å². The fourth-order valence-corrected chi connectivity index (χ4v) is 7.19. The van der Waals surface area contributed by atoms with E-state index in [-0.39, 0.29) is 79.6 Å². The van der Waals surface area contributed by atoms with Crippen molar-refractivity contribution in [3.63, 3.8) is 0 Å². The van der Waals surface area contributed by atoms with Gasteiger partial charge in [0.25, 0.3) is 5.91 Å². The number of nitriles is 1. The first kappa shape index (κ1) is 29.6. The molecule has 0 bridgehead atoms. The monoisotopic (exact) mass is 642 g/mol. The predicted octanol–water partition coefficient (Wildman–Crippen LogP) is 6.28. The molecule has 2 aliphatic rings. The van der Waals surface area contributed by atoms with Gasteiger partial charge in [-0.25, -0.2) is 18.4 Å². The molecule has 15 heteroatoms. The van der Waals surface area contributed by atoms with Crippen molar-refractivity contribution in [1.82, 2.24) is 19.6 Å². The van der Waals surface area contributed by atoms with Crippen LogP contribution in [0.15, 0.2) is 18.2 Å². The third kappa shape index (κ3) is 4.86. The molecule has 44 heavy (non-hydrogen) atoms. The second kappa shape index (κ2) is 10.6. The number of piperazine rings is 1. The molecule has 1 atom stereocenters. The van der Waals surface area contributed by atoms with Crippen LogP contribution < -0.4 is 5.32 Å². The number of rotatable bonds is 2. The molecule has 2 aliphatic heterocycles. The highest BCUT2D eigenvalue weighted by Crippen LogP contribution is 2.46. The summed E-state index contributed by atoms with van der Waals surface area (Å²) in [4.78, 5) is 40.7. The fourth-order valence-electron chi connectivity index (χ4n) is 5.84. The molecule has 1 saturated heterocycles. The van der Waals surface area contributed by atoms with Crippen molar-refractivity contribution in [2.24, 2.45) is 0 Å². The molecular weight excluding hydrogens is 618 g/mol. The molecule has 0 saturated carbocycles. The first-order valence-electron chi connectivity index (χ1n) is 13.6. The number of fused-ring (bicyclic) bond motifs is 2. The first-order chi connectivity index (χ1) is 20.8. The highest BCUT2D eigenvalue weighted by Gasteiger charge is 2.37. The molecule has 11 nitrogen and oxygen atoms in total. The average Bonchev–Trinajstić information content (AvgIpc) is 3.47. The number of nitrogens with one attached hydrogen (secondary N) is 1. The molecule has 2 N–H and O–H groups in total. The van der Waals surface area contributed by atoms with E-state index in [2.05, 4.69) is 10.4 Å². The molecule has 2 aromatic heterocycles. The van der Waals surface area contributed by atoms with Crippen LogP contribution in [-0.4, -0.2) is 74.1 Å². The van der Waals surface area contributed by atoms with E-state index in [4.69, 9.17) is 16.3 Å². The van der Waals surface area contributed by atoms with E-state index in [0.717, 1.165) is 23.5 Å². The van der Waals surface area contributed by atoms with Crippen molar-refractivity contribution in [1.29, 1.82) is 5.26 Å². The van der Waals surface area contributed by atoms with E-state index in [0.29, 0.717) is 6.42 Å². The van der Waals surface area contributed by atoms with Crippen LogP contribution in [0.1, 0.15) is 43.1 Å². The molecule has 4 aromatic rings. The largest absolute Gasteiger partial charge is 0.465 e. The number of carboxylic acid groups (broad SMARTS) is 1. The van der Waals surface area contributed by atoms with Crippen LogP contribution in [0.3, 0.4) is 0 Å². The Morgan fingerprint density at radius 3 is 2.61 bits per heavy atom. The minimum Gasteiger partial charge on any atom is -0.465 e. The number of carbonyl (C=O) groups is 3. The summed E-state index contributed by atoms with van der Waals surface area (Å²) >= 11 is 7.43. The SMILES string of the molecule is CC(C)(C)OC(=O)Nc1sc2c(F)ccc(-c3c(F)cc4c5c3c(Cl)nn5CCC3CN(C(=O)O)CCN3C4=O)c2c1C#N. The summed E-state index contributed by atoms with van der Waals surface area (Å²) in [5.41, 5.74) is -0.606. The maximum Gasteiger partial charge on any atom is 0.412 e. The Hall–Kier alpha value is -4.48. The molecule has 0 spiro atoms. The number of benzene rings is 2. The van der Waals surface area contributed by atoms with Crippen molar-refractivity contribution in [3.05, 3.63) is 46.1 Å². The zero-order valence-electron chi connectivity index (χ0n) is 23.7. The van der Waals surface area contributed by atoms with Gasteiger partial charge in [0.2, 0.25) is 0 Å². The quantitative estimate of drug-likeness (QED) is 0.262. The van der Waals surface area contributed by atoms with Gasteiger partial charge in [0.05, 0.1) is 32.8 Å². The molecule has 0 radical (unpaired) electrons. The summed E-state index contributed by atoms with van der Waals surface area (Å²) < 4.78 is 38.3. The number of ether oxygens (including phenoxy) is 1. The number of amides is 3. The summed E-state index contributed by atoms with van der Waals surface area (Å²) in [5.74, 6) is -2.03. The van der Waals surface area contributed by atoms with E-state index >= 15 is 8.78 Å². The van der Waals surface area contributed by atoms with Crippen molar-refractivity contribution < 1.29 is 33.0 Å². The summed E-state index contributed by atoms with van der Waals surface area (Å²) in [6.45, 7) is 5.62. The van der Waals surface area contributed by atoms with Crippen molar-refractivity contribution in [2.75, 3.05) is 25.0 Å². The van der Waals surface area contributed by atoms with Gasteiger partial charge in [-0.3, -0.25) is 14.8 Å². The number of hydrogen-bond acceptors (Lipinski definition) is 7. The van der Waals surface area contributed by atoms with Gasteiger partial charge in [0.15, 0.2) is 5.15 Å². The van der Waals surface area contributed by atoms with Crippen molar-refractivity contribution in [2.45, 2.75) is 45.4 Å². The van der Waals surface area contributed by atoms with Crippen LogP contribution in [0.5, 0.6) is 0 Å². The summed E-state index contributed by atoms with van der Waals surface area (Å²) in [5, 5.41) is 26.6. The molecule has 1 unspecified atom stereocenters. The number of carbonyl (C=O) groups excluding carboxylic acids is 2. The van der Waals surface area contributed by atoms with Gasteiger partial charge in [-0.15, -0.1) is 11.3 Å². The molecule has 1 fully saturated rings. The van der Waals surface area contributed by atoms with E-state index in [1.165, 1.54) is 15.6 Å². The zero-order valence-corrected chi connectivity index (χ0v) is 25.3. The van der Waals surface area contributed by atoms with Crippen LogP contribution in [-0.2, 0) is 11.3 Å². The number of nitrogens with zero attached hydrogens (tertiary/aromatic N) is 5. The van der Waals surface area contributed by atoms with E-state index in [1.807, 2.05) is 6.07 Å². The maximum absolute atomic E-state index is 16.3. The normalized spacial score (nSPS) is 16.8. The molecular formula is C29H25ClF2N6O5S. The summed E-state index contributed by atoms with van der Waals surface area (Å²) in [6.07, 6.45) is -1.56. The average molecular weight is 643 g/mol. The summed E-state index contributed by atoms with van der Waals surface area (Å²) in [6, 6.07) is 5.09. The van der Waals surface area contributed by atoms with Crippen LogP contribution in [0.2, 0.25) is 5.15 Å². The maximum atomic E-state index is 16.3. The Labute approximate surface area is 258 Å². The molecule has 4 heterocycles.